The summed E-state index contributed by atoms with van der Waals surface area (Å²) in [6.45, 7) is 2.80. The summed E-state index contributed by atoms with van der Waals surface area (Å²) >= 11 is 0. The second-order valence-corrected chi connectivity index (χ2v) is 4.04. The Morgan fingerprint density at radius 1 is 1.40 bits per heavy atom. The van der Waals surface area contributed by atoms with Crippen molar-refractivity contribution in [3.63, 3.8) is 0 Å². The van der Waals surface area contributed by atoms with E-state index in [9.17, 15) is 22.8 Å². The lowest BCUT2D eigenvalue weighted by Gasteiger charge is -2.52. The van der Waals surface area contributed by atoms with Gasteiger partial charge in [0.25, 0.3) is 0 Å². The molecule has 1 N–H and O–H groups in total. The predicted molar refractivity (Wildman–Crippen MR) is 43.0 cm³/mol. The third-order valence-electron chi connectivity index (χ3n) is 2.40. The van der Waals surface area contributed by atoms with Crippen LogP contribution in [0.25, 0.3) is 0 Å². The average molecular weight is 225 g/mol. The molecule has 1 saturated heterocycles. The fraction of sp³-hybridized carbons (Fsp3) is 0.750. The first-order chi connectivity index (χ1) is 6.57. The number of rotatable bonds is 1. The molecule has 1 aliphatic rings. The maximum atomic E-state index is 12.1. The molecule has 0 aromatic carbocycles. The Balaban J connectivity index is 2.91. The van der Waals surface area contributed by atoms with Gasteiger partial charge >= 0.3 is 18.1 Å². The number of hydrogen-bond donors (Lipinski definition) is 1. The Kier molecular flexibility index (Phi) is 2.45. The van der Waals surface area contributed by atoms with Gasteiger partial charge in [-0.1, -0.05) is 0 Å². The van der Waals surface area contributed by atoms with Gasteiger partial charge in [0.15, 0.2) is 0 Å². The highest BCUT2D eigenvalue weighted by Crippen LogP contribution is 2.39. The quantitative estimate of drug-likeness (QED) is 0.724. The van der Waals surface area contributed by atoms with Gasteiger partial charge < -0.3 is 10.0 Å². The Labute approximate surface area is 83.7 Å². The standard InChI is InChI=1S/C8H10F3NO3/c1-7(2)3-4(5(13)14)12(7)6(15)8(9,10)11/h4H,3H2,1-2H3,(H,13,14). The van der Waals surface area contributed by atoms with Crippen molar-refractivity contribution in [2.45, 2.75) is 38.0 Å². The average Bonchev–Trinajstić information content (AvgIpc) is 1.98. The lowest BCUT2D eigenvalue weighted by atomic mass is 9.81. The predicted octanol–water partition coefficient (Wildman–Crippen LogP) is 1.01. The lowest BCUT2D eigenvalue weighted by Crippen LogP contribution is -2.69. The Morgan fingerprint density at radius 3 is 2.13 bits per heavy atom. The zero-order chi connectivity index (χ0) is 12.0. The fourth-order valence-corrected chi connectivity index (χ4v) is 1.72. The number of nitrogens with zero attached hydrogens (tertiary/aromatic N) is 1. The summed E-state index contributed by atoms with van der Waals surface area (Å²) in [5.74, 6) is -3.50. The van der Waals surface area contributed by atoms with Crippen molar-refractivity contribution in [2.75, 3.05) is 0 Å². The fourth-order valence-electron chi connectivity index (χ4n) is 1.72. The molecule has 1 aliphatic heterocycles. The highest BCUT2D eigenvalue weighted by Gasteiger charge is 2.58. The zero-order valence-corrected chi connectivity index (χ0v) is 8.13. The monoisotopic (exact) mass is 225 g/mol. The van der Waals surface area contributed by atoms with Crippen LogP contribution < -0.4 is 0 Å². The van der Waals surface area contributed by atoms with Crippen LogP contribution in [0, 0.1) is 0 Å². The maximum absolute atomic E-state index is 12.1. The number of carboxylic acids is 1. The normalized spacial score (nSPS) is 24.6. The van der Waals surface area contributed by atoms with Crippen molar-refractivity contribution < 1.29 is 27.9 Å². The van der Waals surface area contributed by atoms with Crippen LogP contribution >= 0.6 is 0 Å². The number of carbonyl (C=O) groups is 2. The van der Waals surface area contributed by atoms with Gasteiger partial charge in [0, 0.05) is 12.0 Å². The highest BCUT2D eigenvalue weighted by atomic mass is 19.4. The molecule has 1 amide bonds. The van der Waals surface area contributed by atoms with Gasteiger partial charge in [-0.15, -0.1) is 0 Å². The lowest BCUT2D eigenvalue weighted by molar-refractivity contribution is -0.208. The summed E-state index contributed by atoms with van der Waals surface area (Å²) in [6, 6.07) is -1.37. The van der Waals surface area contributed by atoms with E-state index in [-0.39, 0.29) is 6.42 Å². The molecule has 4 nitrogen and oxygen atoms in total. The van der Waals surface area contributed by atoms with E-state index in [1.807, 2.05) is 0 Å². The second-order valence-electron chi connectivity index (χ2n) is 4.04. The van der Waals surface area contributed by atoms with Crippen molar-refractivity contribution in [1.82, 2.24) is 4.90 Å². The van der Waals surface area contributed by atoms with Crippen molar-refractivity contribution >= 4 is 11.9 Å². The molecule has 1 heterocycles. The van der Waals surface area contributed by atoms with Gasteiger partial charge in [-0.2, -0.15) is 13.2 Å². The second kappa shape index (κ2) is 3.11. The minimum Gasteiger partial charge on any atom is -0.480 e. The highest BCUT2D eigenvalue weighted by molar-refractivity contribution is 5.89. The van der Waals surface area contributed by atoms with Crippen LogP contribution in [0.4, 0.5) is 13.2 Å². The van der Waals surface area contributed by atoms with Crippen molar-refractivity contribution in [3.05, 3.63) is 0 Å². The Hall–Kier alpha value is -1.27. The number of hydrogen-bond acceptors (Lipinski definition) is 2. The summed E-state index contributed by atoms with van der Waals surface area (Å²) in [7, 11) is 0. The molecular weight excluding hydrogens is 215 g/mol. The van der Waals surface area contributed by atoms with Gasteiger partial charge in [0.2, 0.25) is 0 Å². The zero-order valence-electron chi connectivity index (χ0n) is 8.13. The van der Waals surface area contributed by atoms with E-state index < -0.39 is 29.6 Å². The summed E-state index contributed by atoms with van der Waals surface area (Å²) in [4.78, 5) is 21.8. The number of alkyl halides is 3. The number of aliphatic carboxylic acids is 1. The van der Waals surface area contributed by atoms with E-state index in [0.717, 1.165) is 0 Å². The first kappa shape index (κ1) is 11.8. The van der Waals surface area contributed by atoms with Gasteiger partial charge in [-0.3, -0.25) is 4.79 Å². The first-order valence-corrected chi connectivity index (χ1v) is 4.20. The summed E-state index contributed by atoms with van der Waals surface area (Å²) in [5, 5.41) is 8.59. The van der Waals surface area contributed by atoms with Gasteiger partial charge in [-0.25, -0.2) is 4.79 Å². The van der Waals surface area contributed by atoms with Crippen molar-refractivity contribution in [3.8, 4) is 0 Å². The first-order valence-electron chi connectivity index (χ1n) is 4.20. The van der Waals surface area contributed by atoms with Gasteiger partial charge in [-0.05, 0) is 13.8 Å². The van der Waals surface area contributed by atoms with Crippen LogP contribution in [0.15, 0.2) is 0 Å². The number of likely N-dealkylation sites (tertiary alicyclic amines) is 1. The Morgan fingerprint density at radius 2 is 1.87 bits per heavy atom. The number of carbonyl (C=O) groups excluding carboxylic acids is 1. The van der Waals surface area contributed by atoms with Crippen LogP contribution in [0.2, 0.25) is 0 Å². The molecule has 1 atom stereocenters. The van der Waals surface area contributed by atoms with E-state index >= 15 is 0 Å². The third kappa shape index (κ3) is 1.91. The van der Waals surface area contributed by atoms with E-state index in [4.69, 9.17) is 5.11 Å². The Bertz CT molecular complexity index is 311. The van der Waals surface area contributed by atoms with Crippen LogP contribution in [-0.4, -0.2) is 39.6 Å². The molecule has 1 fully saturated rings. The molecule has 0 radical (unpaired) electrons. The number of carboxylic acid groups (broad SMARTS) is 1. The van der Waals surface area contributed by atoms with Crippen LogP contribution in [0.3, 0.4) is 0 Å². The van der Waals surface area contributed by atoms with Crippen molar-refractivity contribution in [1.29, 1.82) is 0 Å². The molecule has 0 saturated carbocycles. The summed E-state index contributed by atoms with van der Waals surface area (Å²) in [6.07, 6.45) is -4.99. The van der Waals surface area contributed by atoms with E-state index in [1.54, 1.807) is 0 Å². The minimum absolute atomic E-state index is 0.0319. The number of halogens is 3. The molecule has 0 aromatic rings. The molecular formula is C8H10F3NO3. The molecule has 0 bridgehead atoms. The molecule has 7 heteroatoms. The topological polar surface area (TPSA) is 57.6 Å². The summed E-state index contributed by atoms with van der Waals surface area (Å²) < 4.78 is 36.3. The van der Waals surface area contributed by atoms with Gasteiger partial charge in [0.05, 0.1) is 0 Å². The minimum atomic E-state index is -5.02. The SMILES string of the molecule is CC1(C)CC(C(=O)O)N1C(=O)C(F)(F)F. The number of amides is 1. The molecule has 1 rings (SSSR count). The van der Waals surface area contributed by atoms with Crippen LogP contribution in [0.1, 0.15) is 20.3 Å². The molecule has 0 spiro atoms. The molecule has 15 heavy (non-hydrogen) atoms. The van der Waals surface area contributed by atoms with Crippen LogP contribution in [-0.2, 0) is 9.59 Å². The van der Waals surface area contributed by atoms with E-state index in [2.05, 4.69) is 0 Å². The molecule has 86 valence electrons. The molecule has 1 unspecified atom stereocenters. The van der Waals surface area contributed by atoms with Crippen molar-refractivity contribution in [2.24, 2.45) is 0 Å². The largest absolute Gasteiger partial charge is 0.480 e. The smallest absolute Gasteiger partial charge is 0.471 e. The third-order valence-corrected chi connectivity index (χ3v) is 2.40. The maximum Gasteiger partial charge on any atom is 0.471 e. The summed E-state index contributed by atoms with van der Waals surface area (Å²) in [5.41, 5.74) is -1.05. The molecule has 0 aromatic heterocycles. The van der Waals surface area contributed by atoms with Crippen LogP contribution in [0.5, 0.6) is 0 Å². The molecule has 0 aliphatic carbocycles. The van der Waals surface area contributed by atoms with E-state index in [1.165, 1.54) is 13.8 Å². The van der Waals surface area contributed by atoms with Gasteiger partial charge in [0.1, 0.15) is 6.04 Å². The van der Waals surface area contributed by atoms with E-state index in [0.29, 0.717) is 4.90 Å².